The van der Waals surface area contributed by atoms with Crippen LogP contribution in [0.2, 0.25) is 0 Å². The fourth-order valence-corrected chi connectivity index (χ4v) is 2.08. The molecule has 0 unspecified atom stereocenters. The molecular formula is C12H8BrN3O2. The summed E-state index contributed by atoms with van der Waals surface area (Å²) in [6.45, 7) is 0. The standard InChI is InChI=1S/C12H8BrN3O2/c1-16-6-9(14-15-16)12-5-10(17)8-4-7(13)2-3-11(8)18-12/h2-6H,1H3. The Hall–Kier alpha value is -1.95. The van der Waals surface area contributed by atoms with Crippen molar-refractivity contribution in [3.05, 3.63) is 45.2 Å². The van der Waals surface area contributed by atoms with Crippen LogP contribution in [0.4, 0.5) is 0 Å². The van der Waals surface area contributed by atoms with Crippen LogP contribution in [0.15, 0.2) is 44.1 Å². The number of hydrogen-bond acceptors (Lipinski definition) is 4. The molecule has 0 atom stereocenters. The van der Waals surface area contributed by atoms with Crippen LogP contribution in [-0.2, 0) is 7.05 Å². The molecule has 0 aliphatic carbocycles. The lowest BCUT2D eigenvalue weighted by Crippen LogP contribution is -2.00. The Morgan fingerprint density at radius 2 is 2.17 bits per heavy atom. The number of halogens is 1. The van der Waals surface area contributed by atoms with Gasteiger partial charge >= 0.3 is 0 Å². The summed E-state index contributed by atoms with van der Waals surface area (Å²) in [5.41, 5.74) is 0.976. The third-order valence-electron chi connectivity index (χ3n) is 2.54. The van der Waals surface area contributed by atoms with E-state index < -0.39 is 0 Å². The van der Waals surface area contributed by atoms with Gasteiger partial charge in [-0.3, -0.25) is 9.48 Å². The summed E-state index contributed by atoms with van der Waals surface area (Å²) in [6, 6.07) is 6.74. The molecule has 0 spiro atoms. The van der Waals surface area contributed by atoms with Crippen molar-refractivity contribution in [2.75, 3.05) is 0 Å². The predicted molar refractivity (Wildman–Crippen MR) is 70.2 cm³/mol. The third-order valence-corrected chi connectivity index (χ3v) is 3.04. The van der Waals surface area contributed by atoms with Crippen molar-refractivity contribution in [1.82, 2.24) is 15.0 Å². The average molecular weight is 306 g/mol. The quantitative estimate of drug-likeness (QED) is 0.692. The molecule has 6 heteroatoms. The Bertz CT molecular complexity index is 791. The molecule has 1 aromatic carbocycles. The van der Waals surface area contributed by atoms with E-state index in [1.807, 2.05) is 6.07 Å². The summed E-state index contributed by atoms with van der Waals surface area (Å²) >= 11 is 3.33. The van der Waals surface area contributed by atoms with Crippen LogP contribution in [-0.4, -0.2) is 15.0 Å². The predicted octanol–water partition coefficient (Wildman–Crippen LogP) is 2.35. The first kappa shape index (κ1) is 11.2. The minimum absolute atomic E-state index is 0.0989. The van der Waals surface area contributed by atoms with Crippen LogP contribution in [0.5, 0.6) is 0 Å². The number of benzene rings is 1. The summed E-state index contributed by atoms with van der Waals surface area (Å²) in [5, 5.41) is 8.28. The van der Waals surface area contributed by atoms with E-state index in [9.17, 15) is 4.79 Å². The zero-order chi connectivity index (χ0) is 12.7. The number of fused-ring (bicyclic) bond motifs is 1. The Kier molecular flexibility index (Phi) is 2.52. The highest BCUT2D eigenvalue weighted by molar-refractivity contribution is 9.10. The summed E-state index contributed by atoms with van der Waals surface area (Å²) in [5.74, 6) is 0.419. The van der Waals surface area contributed by atoms with E-state index in [0.29, 0.717) is 22.4 Å². The van der Waals surface area contributed by atoms with E-state index in [-0.39, 0.29) is 5.43 Å². The zero-order valence-electron chi connectivity index (χ0n) is 9.42. The maximum atomic E-state index is 12.0. The number of rotatable bonds is 1. The Labute approximate surface area is 110 Å². The van der Waals surface area contributed by atoms with Crippen molar-refractivity contribution >= 4 is 26.9 Å². The van der Waals surface area contributed by atoms with Crippen LogP contribution in [0.1, 0.15) is 0 Å². The van der Waals surface area contributed by atoms with Gasteiger partial charge in [0.05, 0.1) is 11.6 Å². The van der Waals surface area contributed by atoms with Crippen molar-refractivity contribution in [3.8, 4) is 11.5 Å². The molecule has 2 heterocycles. The Balaban J connectivity index is 2.28. The zero-order valence-corrected chi connectivity index (χ0v) is 11.0. The summed E-state index contributed by atoms with van der Waals surface area (Å²) in [6.07, 6.45) is 1.70. The van der Waals surface area contributed by atoms with Crippen molar-refractivity contribution in [1.29, 1.82) is 0 Å². The van der Waals surface area contributed by atoms with E-state index in [1.54, 1.807) is 30.1 Å². The molecule has 0 aliphatic rings. The fraction of sp³-hybridized carbons (Fsp3) is 0.0833. The van der Waals surface area contributed by atoms with Gasteiger partial charge in [-0.15, -0.1) is 5.10 Å². The molecule has 90 valence electrons. The van der Waals surface area contributed by atoms with Gasteiger partial charge in [0, 0.05) is 17.6 Å². The molecule has 0 fully saturated rings. The topological polar surface area (TPSA) is 60.9 Å². The first-order valence-corrected chi connectivity index (χ1v) is 6.03. The van der Waals surface area contributed by atoms with Gasteiger partial charge in [0.25, 0.3) is 0 Å². The first-order valence-electron chi connectivity index (χ1n) is 5.23. The van der Waals surface area contributed by atoms with Gasteiger partial charge in [0.1, 0.15) is 11.3 Å². The van der Waals surface area contributed by atoms with Crippen LogP contribution in [0.25, 0.3) is 22.4 Å². The maximum absolute atomic E-state index is 12.0. The highest BCUT2D eigenvalue weighted by Gasteiger charge is 2.09. The van der Waals surface area contributed by atoms with Gasteiger partial charge < -0.3 is 4.42 Å². The second kappa shape index (κ2) is 4.06. The Morgan fingerprint density at radius 1 is 1.33 bits per heavy atom. The highest BCUT2D eigenvalue weighted by atomic mass is 79.9. The fourth-order valence-electron chi connectivity index (χ4n) is 1.71. The largest absolute Gasteiger partial charge is 0.454 e. The molecule has 18 heavy (non-hydrogen) atoms. The normalized spacial score (nSPS) is 11.0. The molecule has 0 radical (unpaired) electrons. The van der Waals surface area contributed by atoms with Crippen molar-refractivity contribution in [2.45, 2.75) is 0 Å². The number of hydrogen-bond donors (Lipinski definition) is 0. The molecule has 2 aromatic heterocycles. The smallest absolute Gasteiger partial charge is 0.193 e. The van der Waals surface area contributed by atoms with Gasteiger partial charge in [-0.25, -0.2) is 0 Å². The third kappa shape index (κ3) is 1.84. The summed E-state index contributed by atoms with van der Waals surface area (Å²) < 4.78 is 8.06. The van der Waals surface area contributed by atoms with E-state index in [4.69, 9.17) is 4.42 Å². The van der Waals surface area contributed by atoms with Crippen molar-refractivity contribution in [2.24, 2.45) is 7.05 Å². The minimum Gasteiger partial charge on any atom is -0.454 e. The summed E-state index contributed by atoms with van der Waals surface area (Å²) in [7, 11) is 1.76. The van der Waals surface area contributed by atoms with Gasteiger partial charge in [-0.1, -0.05) is 21.1 Å². The highest BCUT2D eigenvalue weighted by Crippen LogP contribution is 2.22. The molecule has 0 amide bonds. The Morgan fingerprint density at radius 3 is 2.89 bits per heavy atom. The molecule has 0 saturated heterocycles. The van der Waals surface area contributed by atoms with Crippen molar-refractivity contribution in [3.63, 3.8) is 0 Å². The lowest BCUT2D eigenvalue weighted by Gasteiger charge is -2.00. The SMILES string of the molecule is Cn1cc(-c2cc(=O)c3cc(Br)ccc3o2)nn1. The second-order valence-corrected chi connectivity index (χ2v) is 4.81. The molecule has 0 saturated carbocycles. The lowest BCUT2D eigenvalue weighted by molar-refractivity contribution is 0.615. The van der Waals surface area contributed by atoms with E-state index >= 15 is 0 Å². The van der Waals surface area contributed by atoms with E-state index in [0.717, 1.165) is 4.47 Å². The van der Waals surface area contributed by atoms with Gasteiger partial charge in [0.2, 0.25) is 0 Å². The number of nitrogens with zero attached hydrogens (tertiary/aromatic N) is 3. The van der Waals surface area contributed by atoms with E-state index in [1.165, 1.54) is 6.07 Å². The average Bonchev–Trinajstić information content (AvgIpc) is 2.77. The molecule has 5 nitrogen and oxygen atoms in total. The van der Waals surface area contributed by atoms with Gasteiger partial charge in [0.15, 0.2) is 11.2 Å². The van der Waals surface area contributed by atoms with Crippen LogP contribution in [0.3, 0.4) is 0 Å². The first-order chi connectivity index (χ1) is 8.63. The number of aromatic nitrogens is 3. The lowest BCUT2D eigenvalue weighted by atomic mass is 10.2. The van der Waals surface area contributed by atoms with Crippen LogP contribution in [0, 0.1) is 0 Å². The maximum Gasteiger partial charge on any atom is 0.193 e. The van der Waals surface area contributed by atoms with Gasteiger partial charge in [-0.05, 0) is 18.2 Å². The van der Waals surface area contributed by atoms with Crippen LogP contribution >= 0.6 is 15.9 Å². The monoisotopic (exact) mass is 305 g/mol. The van der Waals surface area contributed by atoms with Crippen molar-refractivity contribution < 1.29 is 4.42 Å². The number of aryl methyl sites for hydroxylation is 1. The van der Waals surface area contributed by atoms with E-state index in [2.05, 4.69) is 26.2 Å². The molecule has 0 N–H and O–H groups in total. The minimum atomic E-state index is -0.0989. The van der Waals surface area contributed by atoms with Gasteiger partial charge in [-0.2, -0.15) is 0 Å². The second-order valence-electron chi connectivity index (χ2n) is 3.89. The van der Waals surface area contributed by atoms with Crippen LogP contribution < -0.4 is 5.43 Å². The molecule has 0 bridgehead atoms. The molecular weight excluding hydrogens is 298 g/mol. The molecule has 0 aliphatic heterocycles. The molecule has 3 aromatic rings. The molecule has 3 rings (SSSR count). The summed E-state index contributed by atoms with van der Waals surface area (Å²) in [4.78, 5) is 12.0.